The molecule has 0 aromatic heterocycles. The summed E-state index contributed by atoms with van der Waals surface area (Å²) in [5.74, 6) is -1.51. The molecular formula is C56H97O11P. The monoisotopic (exact) mass is 977 g/mol. The molecule has 0 aliphatic rings. The van der Waals surface area contributed by atoms with Crippen molar-refractivity contribution in [1.82, 2.24) is 0 Å². The van der Waals surface area contributed by atoms with Crippen molar-refractivity contribution in [2.75, 3.05) is 26.4 Å². The van der Waals surface area contributed by atoms with E-state index in [4.69, 9.17) is 23.3 Å². The second kappa shape index (κ2) is 50.3. The maximum Gasteiger partial charge on any atom is 0.472 e. The number of carbonyl (C=O) groups excluding carboxylic acids is 3. The van der Waals surface area contributed by atoms with Crippen LogP contribution in [0.5, 0.6) is 0 Å². The third kappa shape index (κ3) is 48.0. The third-order valence-corrected chi connectivity index (χ3v) is 12.0. The van der Waals surface area contributed by atoms with E-state index in [0.29, 0.717) is 19.3 Å². The first-order valence-electron chi connectivity index (χ1n) is 26.8. The van der Waals surface area contributed by atoms with Crippen LogP contribution in [-0.4, -0.2) is 66.5 Å². The van der Waals surface area contributed by atoms with Crippen molar-refractivity contribution in [3.63, 3.8) is 0 Å². The van der Waals surface area contributed by atoms with Crippen LogP contribution in [0.4, 0.5) is 0 Å². The Balaban J connectivity index is 4.81. The van der Waals surface area contributed by atoms with E-state index in [0.717, 1.165) is 128 Å². The third-order valence-electron chi connectivity index (χ3n) is 11.1. The van der Waals surface area contributed by atoms with Crippen molar-refractivity contribution in [2.24, 2.45) is 0 Å². The lowest BCUT2D eigenvalue weighted by Crippen LogP contribution is -2.30. The van der Waals surface area contributed by atoms with Crippen molar-refractivity contribution in [2.45, 2.75) is 238 Å². The van der Waals surface area contributed by atoms with Crippen LogP contribution in [0.2, 0.25) is 0 Å². The lowest BCUT2D eigenvalue weighted by Gasteiger charge is -2.21. The molecule has 0 aliphatic heterocycles. The Morgan fingerprint density at radius 1 is 0.426 bits per heavy atom. The molecule has 68 heavy (non-hydrogen) atoms. The van der Waals surface area contributed by atoms with Crippen LogP contribution in [0.15, 0.2) is 72.9 Å². The van der Waals surface area contributed by atoms with Crippen LogP contribution in [0, 0.1) is 0 Å². The van der Waals surface area contributed by atoms with Crippen molar-refractivity contribution in [3.8, 4) is 0 Å². The number of rotatable bonds is 49. The fourth-order valence-electron chi connectivity index (χ4n) is 6.97. The molecule has 11 nitrogen and oxygen atoms in total. The molecule has 0 saturated heterocycles. The van der Waals surface area contributed by atoms with Gasteiger partial charge in [0.1, 0.15) is 12.7 Å². The number of ether oxygens (including phenoxy) is 3. The molecule has 0 bridgehead atoms. The SMILES string of the molecule is CC/C=C\C/C=C\C/C=C\C/C=C\CCCCCCC(=O)OC(COC(=O)CCCCCCC/C=C\CCCCCC)COP(=O)(O)OCC(CO)OC(=O)CCCCCCC/C=C\CCCC. The van der Waals surface area contributed by atoms with Gasteiger partial charge in [-0.25, -0.2) is 4.57 Å². The standard InChI is InChI=1S/C56H97O11P/c1-4-7-10-13-16-19-22-24-25-26-27-29-32-35-38-41-44-47-56(60)67-53(49-63-54(58)45-42-39-36-33-31-28-23-20-17-14-11-8-5-2)51-65-68(61,62)64-50-52(48-57)66-55(59)46-43-40-37-34-30-21-18-15-12-9-6-3/h7,10,15-16,18-20,23-25,27,29,52-53,57H,4-6,8-9,11-14,17,21-22,26,28,30-51H2,1-3H3,(H,61,62)/b10-7-,18-15-,19-16-,23-20-,25-24-,29-27-. The van der Waals surface area contributed by atoms with Gasteiger partial charge in [0.05, 0.1) is 19.8 Å². The summed E-state index contributed by atoms with van der Waals surface area (Å²) in [6, 6.07) is 0. The largest absolute Gasteiger partial charge is 0.472 e. The molecule has 0 rings (SSSR count). The van der Waals surface area contributed by atoms with E-state index in [9.17, 15) is 28.9 Å². The smallest absolute Gasteiger partial charge is 0.462 e. The van der Waals surface area contributed by atoms with Gasteiger partial charge in [-0.1, -0.05) is 177 Å². The highest BCUT2D eigenvalue weighted by atomic mass is 31.2. The van der Waals surface area contributed by atoms with Crippen LogP contribution in [0.3, 0.4) is 0 Å². The molecule has 0 fully saturated rings. The highest BCUT2D eigenvalue weighted by molar-refractivity contribution is 7.47. The zero-order chi connectivity index (χ0) is 49.9. The second-order valence-electron chi connectivity index (χ2n) is 17.7. The highest BCUT2D eigenvalue weighted by Gasteiger charge is 2.28. The Kier molecular flexibility index (Phi) is 48.0. The van der Waals surface area contributed by atoms with Gasteiger partial charge in [-0.15, -0.1) is 0 Å². The average molecular weight is 977 g/mol. The molecule has 0 aromatic rings. The van der Waals surface area contributed by atoms with Crippen molar-refractivity contribution >= 4 is 25.7 Å². The maximum absolute atomic E-state index is 12.9. The lowest BCUT2D eigenvalue weighted by molar-refractivity contribution is -0.161. The number of aliphatic hydroxyl groups excluding tert-OH is 1. The molecular weight excluding hydrogens is 880 g/mol. The van der Waals surface area contributed by atoms with E-state index in [1.54, 1.807) is 0 Å². The van der Waals surface area contributed by atoms with Gasteiger partial charge in [-0.05, 0) is 103 Å². The summed E-state index contributed by atoms with van der Waals surface area (Å²) in [5.41, 5.74) is 0. The molecule has 3 unspecified atom stereocenters. The van der Waals surface area contributed by atoms with Gasteiger partial charge in [-0.3, -0.25) is 23.4 Å². The summed E-state index contributed by atoms with van der Waals surface area (Å²) in [6.45, 7) is 4.41. The summed E-state index contributed by atoms with van der Waals surface area (Å²) < 4.78 is 39.3. The van der Waals surface area contributed by atoms with Gasteiger partial charge in [0.2, 0.25) is 0 Å². The zero-order valence-corrected chi connectivity index (χ0v) is 43.9. The topological polar surface area (TPSA) is 155 Å². The van der Waals surface area contributed by atoms with Crippen LogP contribution in [-0.2, 0) is 42.2 Å². The Bertz CT molecular complexity index is 1420. The van der Waals surface area contributed by atoms with Gasteiger partial charge in [-0.2, -0.15) is 0 Å². The number of hydrogen-bond donors (Lipinski definition) is 2. The number of allylic oxidation sites excluding steroid dienone is 12. The number of esters is 3. The first-order chi connectivity index (χ1) is 33.2. The molecule has 3 atom stereocenters. The fraction of sp³-hybridized carbons (Fsp3) is 0.732. The quantitative estimate of drug-likeness (QED) is 0.0197. The van der Waals surface area contributed by atoms with Gasteiger partial charge in [0, 0.05) is 19.3 Å². The lowest BCUT2D eigenvalue weighted by atomic mass is 10.1. The Morgan fingerprint density at radius 2 is 0.779 bits per heavy atom. The molecule has 392 valence electrons. The predicted octanol–water partition coefficient (Wildman–Crippen LogP) is 15.4. The highest BCUT2D eigenvalue weighted by Crippen LogP contribution is 2.43. The van der Waals surface area contributed by atoms with Gasteiger partial charge in [0.15, 0.2) is 6.10 Å². The molecule has 0 radical (unpaired) electrons. The first kappa shape index (κ1) is 64.9. The molecule has 2 N–H and O–H groups in total. The Morgan fingerprint density at radius 3 is 1.24 bits per heavy atom. The molecule has 0 amide bonds. The number of carbonyl (C=O) groups is 3. The van der Waals surface area contributed by atoms with E-state index in [2.05, 4.69) is 93.7 Å². The normalized spacial score (nSPS) is 14.0. The number of hydrogen-bond acceptors (Lipinski definition) is 10. The molecule has 0 spiro atoms. The summed E-state index contributed by atoms with van der Waals surface area (Å²) in [6.07, 6.45) is 54.4. The molecule has 0 heterocycles. The summed E-state index contributed by atoms with van der Waals surface area (Å²) in [7, 11) is -4.75. The molecule has 0 aromatic carbocycles. The Labute approximate surface area is 414 Å². The van der Waals surface area contributed by atoms with Gasteiger partial charge < -0.3 is 24.2 Å². The minimum Gasteiger partial charge on any atom is -0.462 e. The maximum atomic E-state index is 12.9. The minimum atomic E-state index is -4.75. The zero-order valence-electron chi connectivity index (χ0n) is 43.1. The van der Waals surface area contributed by atoms with E-state index in [-0.39, 0.29) is 25.9 Å². The van der Waals surface area contributed by atoms with Crippen LogP contribution in [0.25, 0.3) is 0 Å². The van der Waals surface area contributed by atoms with Crippen LogP contribution >= 0.6 is 7.82 Å². The molecule has 0 aliphatic carbocycles. The molecule has 0 saturated carbocycles. The van der Waals surface area contributed by atoms with Crippen LogP contribution in [0.1, 0.15) is 226 Å². The molecule has 12 heteroatoms. The minimum absolute atomic E-state index is 0.136. The number of phosphoric ester groups is 1. The van der Waals surface area contributed by atoms with Gasteiger partial charge in [0.25, 0.3) is 0 Å². The fourth-order valence-corrected chi connectivity index (χ4v) is 7.75. The van der Waals surface area contributed by atoms with E-state index < -0.39 is 57.8 Å². The number of phosphoric acid groups is 1. The van der Waals surface area contributed by atoms with E-state index in [1.807, 2.05) is 0 Å². The summed E-state index contributed by atoms with van der Waals surface area (Å²) >= 11 is 0. The van der Waals surface area contributed by atoms with E-state index in [1.165, 1.54) is 38.5 Å². The Hall–Kier alpha value is -3.08. The van der Waals surface area contributed by atoms with E-state index >= 15 is 0 Å². The van der Waals surface area contributed by atoms with Crippen molar-refractivity contribution < 1.29 is 52.2 Å². The average Bonchev–Trinajstić information content (AvgIpc) is 3.32. The second-order valence-corrected chi connectivity index (χ2v) is 19.1. The van der Waals surface area contributed by atoms with Crippen molar-refractivity contribution in [1.29, 1.82) is 0 Å². The van der Waals surface area contributed by atoms with Crippen LogP contribution < -0.4 is 0 Å². The summed E-state index contributed by atoms with van der Waals surface area (Å²) in [4.78, 5) is 48.3. The number of aliphatic hydroxyl groups is 1. The van der Waals surface area contributed by atoms with Gasteiger partial charge >= 0.3 is 25.7 Å². The van der Waals surface area contributed by atoms with Crippen molar-refractivity contribution in [3.05, 3.63) is 72.9 Å². The predicted molar refractivity (Wildman–Crippen MR) is 279 cm³/mol. The summed E-state index contributed by atoms with van der Waals surface area (Å²) in [5, 5.41) is 9.77. The first-order valence-corrected chi connectivity index (χ1v) is 28.3. The number of unbranched alkanes of at least 4 members (excludes halogenated alkanes) is 20.